The molecule has 4 rings (SSSR count). The topological polar surface area (TPSA) is 78.5 Å². The van der Waals surface area contributed by atoms with Crippen LogP contribution in [0.25, 0.3) is 0 Å². The van der Waals surface area contributed by atoms with Crippen LogP contribution < -0.4 is 15.2 Å². The average Bonchev–Trinajstić information content (AvgIpc) is 2.89. The second-order valence-corrected chi connectivity index (χ2v) is 10.3. The smallest absolute Gasteiger partial charge is 0.265 e. The fraction of sp³-hybridized carbons (Fsp3) is 0.393. The maximum absolute atomic E-state index is 13.4. The largest absolute Gasteiger partial charge is 0.491 e. The van der Waals surface area contributed by atoms with Crippen molar-refractivity contribution in [3.05, 3.63) is 86.0 Å². The fourth-order valence-corrected chi connectivity index (χ4v) is 4.98. The van der Waals surface area contributed by atoms with Gasteiger partial charge < -0.3 is 19.5 Å². The third kappa shape index (κ3) is 6.05. The van der Waals surface area contributed by atoms with Gasteiger partial charge in [0.2, 0.25) is 0 Å². The van der Waals surface area contributed by atoms with Crippen molar-refractivity contribution in [2.45, 2.75) is 32.6 Å². The van der Waals surface area contributed by atoms with Gasteiger partial charge in [0.25, 0.3) is 5.56 Å². The van der Waals surface area contributed by atoms with Crippen LogP contribution in [0.15, 0.2) is 57.8 Å². The summed E-state index contributed by atoms with van der Waals surface area (Å²) in [6, 6.07) is 15.1. The summed E-state index contributed by atoms with van der Waals surface area (Å²) in [6.45, 7) is 8.08. The summed E-state index contributed by atoms with van der Waals surface area (Å²) >= 11 is 3.35. The highest BCUT2D eigenvalue weighted by molar-refractivity contribution is 9.10. The molecule has 0 atom stereocenters. The Morgan fingerprint density at radius 1 is 1.08 bits per heavy atom. The number of ether oxygens (including phenoxy) is 1. The Morgan fingerprint density at radius 2 is 1.81 bits per heavy atom. The van der Waals surface area contributed by atoms with Crippen LogP contribution in [-0.4, -0.2) is 60.5 Å². The Bertz CT molecular complexity index is 1250. The molecule has 0 aliphatic carbocycles. The van der Waals surface area contributed by atoms with Crippen LogP contribution in [-0.2, 0) is 6.42 Å². The maximum atomic E-state index is 13.4. The SMILES string of the molecule is CC(C)c1nc(CCCOc2c(C(=O)c3ccccc3)cccc2N2CCN(C)CC2)[nH]c(=O)c1Br. The molecule has 0 bridgehead atoms. The van der Waals surface area contributed by atoms with Crippen molar-refractivity contribution in [3.8, 4) is 5.75 Å². The number of piperazine rings is 1. The molecule has 8 heteroatoms. The van der Waals surface area contributed by atoms with Crippen LogP contribution in [0.5, 0.6) is 5.75 Å². The number of carbonyl (C=O) groups excluding carboxylic acids is 1. The molecule has 3 aromatic rings. The molecule has 190 valence electrons. The molecule has 0 amide bonds. The molecular weight excluding hydrogens is 520 g/mol. The van der Waals surface area contributed by atoms with E-state index >= 15 is 0 Å². The molecule has 0 spiro atoms. The van der Waals surface area contributed by atoms with Gasteiger partial charge in [-0.1, -0.05) is 50.2 Å². The van der Waals surface area contributed by atoms with Gasteiger partial charge in [-0.05, 0) is 47.4 Å². The first-order valence-electron chi connectivity index (χ1n) is 12.4. The molecule has 1 aromatic heterocycles. The van der Waals surface area contributed by atoms with Crippen molar-refractivity contribution in [2.24, 2.45) is 0 Å². The van der Waals surface area contributed by atoms with E-state index in [0.29, 0.717) is 46.6 Å². The quantitative estimate of drug-likeness (QED) is 0.307. The number of H-pyrrole nitrogens is 1. The summed E-state index contributed by atoms with van der Waals surface area (Å²) in [5.74, 6) is 1.35. The summed E-state index contributed by atoms with van der Waals surface area (Å²) in [7, 11) is 2.12. The average molecular weight is 554 g/mol. The Kier molecular flexibility index (Phi) is 8.59. The zero-order valence-electron chi connectivity index (χ0n) is 21.1. The lowest BCUT2D eigenvalue weighted by Crippen LogP contribution is -2.44. The Balaban J connectivity index is 1.55. The number of ketones is 1. The van der Waals surface area contributed by atoms with Gasteiger partial charge in [0.15, 0.2) is 11.5 Å². The molecule has 0 unspecified atom stereocenters. The summed E-state index contributed by atoms with van der Waals surface area (Å²) in [5.41, 5.74) is 2.74. The number of para-hydroxylation sites is 1. The highest BCUT2D eigenvalue weighted by atomic mass is 79.9. The van der Waals surface area contributed by atoms with Gasteiger partial charge in [-0.15, -0.1) is 0 Å². The van der Waals surface area contributed by atoms with E-state index in [-0.39, 0.29) is 17.3 Å². The highest BCUT2D eigenvalue weighted by Crippen LogP contribution is 2.34. The molecule has 1 N–H and O–H groups in total. The zero-order chi connectivity index (χ0) is 25.7. The zero-order valence-corrected chi connectivity index (χ0v) is 22.7. The van der Waals surface area contributed by atoms with Gasteiger partial charge in [0.1, 0.15) is 10.3 Å². The first-order valence-corrected chi connectivity index (χ1v) is 13.2. The molecule has 1 aliphatic rings. The number of aryl methyl sites for hydroxylation is 1. The minimum absolute atomic E-state index is 0.0536. The Hall–Kier alpha value is -2.97. The molecule has 2 heterocycles. The summed E-state index contributed by atoms with van der Waals surface area (Å²) in [6.07, 6.45) is 1.22. The molecule has 0 saturated carbocycles. The van der Waals surface area contributed by atoms with E-state index in [9.17, 15) is 9.59 Å². The normalized spacial score (nSPS) is 14.3. The summed E-state index contributed by atoms with van der Waals surface area (Å²) in [5, 5.41) is 0. The number of likely N-dealkylation sites (N-methyl/N-ethyl adjacent to an activating group) is 1. The second-order valence-electron chi connectivity index (χ2n) is 9.46. The van der Waals surface area contributed by atoms with Crippen LogP contribution in [0, 0.1) is 0 Å². The number of hydrogen-bond acceptors (Lipinski definition) is 6. The molecular formula is C28H33BrN4O3. The van der Waals surface area contributed by atoms with Crippen LogP contribution in [0.1, 0.15) is 53.6 Å². The molecule has 0 radical (unpaired) electrons. The third-order valence-electron chi connectivity index (χ3n) is 6.41. The number of aromatic amines is 1. The van der Waals surface area contributed by atoms with E-state index in [1.54, 1.807) is 0 Å². The first-order chi connectivity index (χ1) is 17.3. The monoisotopic (exact) mass is 552 g/mol. The van der Waals surface area contributed by atoms with Gasteiger partial charge in [0.05, 0.1) is 23.6 Å². The number of aromatic nitrogens is 2. The fourth-order valence-electron chi connectivity index (χ4n) is 4.34. The number of anilines is 1. The van der Waals surface area contributed by atoms with Crippen LogP contribution in [0.3, 0.4) is 0 Å². The molecule has 36 heavy (non-hydrogen) atoms. The van der Waals surface area contributed by atoms with E-state index in [0.717, 1.165) is 37.6 Å². The van der Waals surface area contributed by atoms with Crippen LogP contribution in [0.2, 0.25) is 0 Å². The van der Waals surface area contributed by atoms with Gasteiger partial charge in [-0.3, -0.25) is 9.59 Å². The maximum Gasteiger partial charge on any atom is 0.265 e. The number of carbonyl (C=O) groups is 1. The molecule has 2 aromatic carbocycles. The van der Waals surface area contributed by atoms with Gasteiger partial charge in [-0.25, -0.2) is 4.98 Å². The number of benzene rings is 2. The van der Waals surface area contributed by atoms with Crippen LogP contribution >= 0.6 is 15.9 Å². The van der Waals surface area contributed by atoms with Gasteiger partial charge >= 0.3 is 0 Å². The lowest BCUT2D eigenvalue weighted by molar-refractivity contribution is 0.103. The number of rotatable bonds is 9. The van der Waals surface area contributed by atoms with E-state index in [4.69, 9.17) is 4.74 Å². The number of nitrogens with zero attached hydrogens (tertiary/aromatic N) is 3. The van der Waals surface area contributed by atoms with Crippen LogP contribution in [0.4, 0.5) is 5.69 Å². The molecule has 1 aliphatic heterocycles. The minimum atomic E-state index is -0.166. The van der Waals surface area contributed by atoms with Gasteiger partial charge in [0, 0.05) is 38.2 Å². The van der Waals surface area contributed by atoms with Crippen molar-refractivity contribution >= 4 is 27.4 Å². The number of hydrogen-bond donors (Lipinski definition) is 1. The summed E-state index contributed by atoms with van der Waals surface area (Å²) in [4.78, 5) is 37.8. The standard InChI is InChI=1S/C28H33BrN4O3/c1-19(2)25-24(29)28(35)31-23(30-25)13-8-18-36-27-21(26(34)20-9-5-4-6-10-20)11-7-12-22(27)33-16-14-32(3)15-17-33/h4-7,9-12,19H,8,13-18H2,1-3H3,(H,30,31,35). The van der Waals surface area contributed by atoms with E-state index in [1.165, 1.54) is 0 Å². The van der Waals surface area contributed by atoms with E-state index in [1.807, 2.05) is 62.4 Å². The van der Waals surface area contributed by atoms with Crippen molar-refractivity contribution in [1.29, 1.82) is 0 Å². The van der Waals surface area contributed by atoms with Crippen molar-refractivity contribution in [1.82, 2.24) is 14.9 Å². The summed E-state index contributed by atoms with van der Waals surface area (Å²) < 4.78 is 6.83. The highest BCUT2D eigenvalue weighted by Gasteiger charge is 2.23. The molecule has 7 nitrogen and oxygen atoms in total. The lowest BCUT2D eigenvalue weighted by atomic mass is 10.0. The Labute approximate surface area is 220 Å². The second kappa shape index (κ2) is 11.8. The van der Waals surface area contributed by atoms with Crippen molar-refractivity contribution < 1.29 is 9.53 Å². The number of nitrogens with one attached hydrogen (secondary N) is 1. The number of halogens is 1. The lowest BCUT2D eigenvalue weighted by Gasteiger charge is -2.35. The van der Waals surface area contributed by atoms with Crippen molar-refractivity contribution in [3.63, 3.8) is 0 Å². The minimum Gasteiger partial charge on any atom is -0.491 e. The molecule has 1 saturated heterocycles. The predicted molar refractivity (Wildman–Crippen MR) is 146 cm³/mol. The Morgan fingerprint density at radius 3 is 2.50 bits per heavy atom. The van der Waals surface area contributed by atoms with Crippen molar-refractivity contribution in [2.75, 3.05) is 44.7 Å². The third-order valence-corrected chi connectivity index (χ3v) is 7.17. The van der Waals surface area contributed by atoms with Gasteiger partial charge in [-0.2, -0.15) is 0 Å². The first kappa shape index (κ1) is 26.1. The molecule has 1 fully saturated rings. The van der Waals surface area contributed by atoms with E-state index in [2.05, 4.69) is 42.7 Å². The predicted octanol–water partition coefficient (Wildman–Crippen LogP) is 4.65. The van der Waals surface area contributed by atoms with E-state index < -0.39 is 0 Å².